The first kappa shape index (κ1) is 14.1. The summed E-state index contributed by atoms with van der Waals surface area (Å²) < 4.78 is 13.4. The zero-order valence-corrected chi connectivity index (χ0v) is 11.5. The third kappa shape index (κ3) is 3.57. The molecule has 0 heterocycles. The summed E-state index contributed by atoms with van der Waals surface area (Å²) >= 11 is 0. The maximum Gasteiger partial charge on any atom is 0.243 e. The van der Waals surface area contributed by atoms with Gasteiger partial charge in [-0.3, -0.25) is 4.79 Å². The van der Waals surface area contributed by atoms with Crippen LogP contribution in [-0.4, -0.2) is 12.5 Å². The lowest BCUT2D eigenvalue weighted by Crippen LogP contribution is -2.22. The zero-order valence-electron chi connectivity index (χ0n) is 11.5. The van der Waals surface area contributed by atoms with Crippen LogP contribution in [0, 0.1) is 19.7 Å². The predicted octanol–water partition coefficient (Wildman–Crippen LogP) is 3.49. The van der Waals surface area contributed by atoms with E-state index in [9.17, 15) is 9.18 Å². The van der Waals surface area contributed by atoms with Gasteiger partial charge in [-0.25, -0.2) is 4.39 Å². The average molecular weight is 272 g/mol. The molecule has 0 radical (unpaired) electrons. The smallest absolute Gasteiger partial charge is 0.243 e. The molecule has 2 rings (SSSR count). The number of aryl methyl sites for hydroxylation is 2. The fourth-order valence-electron chi connectivity index (χ4n) is 1.80. The van der Waals surface area contributed by atoms with Crippen molar-refractivity contribution in [1.29, 1.82) is 0 Å². The van der Waals surface area contributed by atoms with Gasteiger partial charge < -0.3 is 10.6 Å². The largest absolute Gasteiger partial charge is 0.374 e. The van der Waals surface area contributed by atoms with Crippen molar-refractivity contribution < 1.29 is 9.18 Å². The van der Waals surface area contributed by atoms with Gasteiger partial charge in [0.25, 0.3) is 0 Å². The number of benzene rings is 2. The molecule has 20 heavy (non-hydrogen) atoms. The minimum atomic E-state index is -0.369. The molecule has 2 N–H and O–H groups in total. The third-order valence-corrected chi connectivity index (χ3v) is 3.10. The van der Waals surface area contributed by atoms with E-state index in [2.05, 4.69) is 10.6 Å². The lowest BCUT2D eigenvalue weighted by molar-refractivity contribution is -0.114. The van der Waals surface area contributed by atoms with Crippen molar-refractivity contribution in [2.45, 2.75) is 13.8 Å². The Morgan fingerprint density at radius 1 is 1.10 bits per heavy atom. The first-order chi connectivity index (χ1) is 9.56. The molecule has 1 amide bonds. The van der Waals surface area contributed by atoms with Crippen molar-refractivity contribution in [3.63, 3.8) is 0 Å². The third-order valence-electron chi connectivity index (χ3n) is 3.10. The highest BCUT2D eigenvalue weighted by Gasteiger charge is 2.05. The van der Waals surface area contributed by atoms with E-state index >= 15 is 0 Å². The van der Waals surface area contributed by atoms with Gasteiger partial charge >= 0.3 is 0 Å². The van der Waals surface area contributed by atoms with Gasteiger partial charge in [0.1, 0.15) is 5.82 Å². The highest BCUT2D eigenvalue weighted by molar-refractivity contribution is 5.93. The van der Waals surface area contributed by atoms with Gasteiger partial charge in [0.05, 0.1) is 12.2 Å². The van der Waals surface area contributed by atoms with Crippen molar-refractivity contribution in [3.8, 4) is 0 Å². The van der Waals surface area contributed by atoms with E-state index in [1.165, 1.54) is 11.6 Å². The number of carbonyl (C=O) groups excluding carboxylic acids is 1. The highest BCUT2D eigenvalue weighted by atomic mass is 19.1. The summed E-state index contributed by atoms with van der Waals surface area (Å²) in [5.41, 5.74) is 3.36. The van der Waals surface area contributed by atoms with Crippen LogP contribution in [0.25, 0.3) is 0 Å². The fraction of sp³-hybridized carbons (Fsp3) is 0.188. The van der Waals surface area contributed by atoms with E-state index in [0.29, 0.717) is 5.69 Å². The van der Waals surface area contributed by atoms with Gasteiger partial charge in [-0.2, -0.15) is 0 Å². The quantitative estimate of drug-likeness (QED) is 0.894. The Labute approximate surface area is 117 Å². The number of rotatable bonds is 4. The molecule has 0 saturated carbocycles. The first-order valence-electron chi connectivity index (χ1n) is 6.42. The molecule has 0 spiro atoms. The number of amides is 1. The van der Waals surface area contributed by atoms with E-state index in [0.717, 1.165) is 11.3 Å². The average Bonchev–Trinajstić information content (AvgIpc) is 2.42. The van der Waals surface area contributed by atoms with Gasteiger partial charge in [0, 0.05) is 5.69 Å². The van der Waals surface area contributed by atoms with Crippen LogP contribution >= 0.6 is 0 Å². The highest BCUT2D eigenvalue weighted by Crippen LogP contribution is 2.15. The number of para-hydroxylation sites is 1. The van der Waals surface area contributed by atoms with Gasteiger partial charge in [-0.1, -0.05) is 18.2 Å². The van der Waals surface area contributed by atoms with Crippen molar-refractivity contribution in [1.82, 2.24) is 0 Å². The van der Waals surface area contributed by atoms with E-state index in [4.69, 9.17) is 0 Å². The van der Waals surface area contributed by atoms with Crippen molar-refractivity contribution in [2.24, 2.45) is 0 Å². The molecule has 2 aromatic rings. The summed E-state index contributed by atoms with van der Waals surface area (Å²) in [4.78, 5) is 11.8. The monoisotopic (exact) mass is 272 g/mol. The lowest BCUT2D eigenvalue weighted by atomic mass is 10.1. The van der Waals surface area contributed by atoms with Crippen molar-refractivity contribution in [2.75, 3.05) is 17.2 Å². The first-order valence-corrected chi connectivity index (χ1v) is 6.42. The van der Waals surface area contributed by atoms with Crippen LogP contribution in [0.1, 0.15) is 11.1 Å². The number of nitrogens with one attached hydrogen (secondary N) is 2. The topological polar surface area (TPSA) is 41.1 Å². The SMILES string of the molecule is Cc1ccc(NC(=O)CNc2ccccc2F)cc1C. The molecule has 3 nitrogen and oxygen atoms in total. The molecule has 0 aliphatic rings. The number of halogens is 1. The Bertz CT molecular complexity index is 626. The van der Waals surface area contributed by atoms with Crippen LogP contribution < -0.4 is 10.6 Å². The number of hydrogen-bond donors (Lipinski definition) is 2. The Morgan fingerprint density at radius 3 is 2.55 bits per heavy atom. The van der Waals surface area contributed by atoms with E-state index < -0.39 is 0 Å². The molecule has 104 valence electrons. The molecule has 0 aliphatic carbocycles. The molecule has 0 unspecified atom stereocenters. The standard InChI is InChI=1S/C16H17FN2O/c1-11-7-8-13(9-12(11)2)19-16(20)10-18-15-6-4-3-5-14(15)17/h3-9,18H,10H2,1-2H3,(H,19,20). The van der Waals surface area contributed by atoms with Crippen molar-refractivity contribution >= 4 is 17.3 Å². The molecule has 0 fully saturated rings. The van der Waals surface area contributed by atoms with Crippen LogP contribution in [-0.2, 0) is 4.79 Å². The molecular formula is C16H17FN2O. The summed E-state index contributed by atoms with van der Waals surface area (Å²) in [7, 11) is 0. The van der Waals surface area contributed by atoms with Crippen LogP contribution in [0.3, 0.4) is 0 Å². The van der Waals surface area contributed by atoms with Gasteiger partial charge in [-0.15, -0.1) is 0 Å². The number of carbonyl (C=O) groups is 1. The maximum atomic E-state index is 13.4. The summed E-state index contributed by atoms with van der Waals surface area (Å²) in [6, 6.07) is 12.0. The maximum absolute atomic E-state index is 13.4. The van der Waals surface area contributed by atoms with Crippen LogP contribution in [0.15, 0.2) is 42.5 Å². The van der Waals surface area contributed by atoms with E-state index in [-0.39, 0.29) is 18.3 Å². The second-order valence-electron chi connectivity index (χ2n) is 4.68. The minimum Gasteiger partial charge on any atom is -0.374 e. The molecule has 0 aliphatic heterocycles. The molecular weight excluding hydrogens is 255 g/mol. The molecule has 0 atom stereocenters. The van der Waals surface area contributed by atoms with Crippen LogP contribution in [0.2, 0.25) is 0 Å². The predicted molar refractivity (Wildman–Crippen MR) is 79.4 cm³/mol. The molecule has 2 aromatic carbocycles. The Kier molecular flexibility index (Phi) is 4.35. The summed E-state index contributed by atoms with van der Waals surface area (Å²) in [5.74, 6) is -0.581. The molecule has 0 saturated heterocycles. The zero-order chi connectivity index (χ0) is 14.5. The minimum absolute atomic E-state index is 0.0217. The van der Waals surface area contributed by atoms with E-state index in [1.807, 2.05) is 32.0 Å². The normalized spacial score (nSPS) is 10.2. The summed E-state index contributed by atoms with van der Waals surface area (Å²) in [5, 5.41) is 5.55. The molecule has 4 heteroatoms. The lowest BCUT2D eigenvalue weighted by Gasteiger charge is -2.09. The fourth-order valence-corrected chi connectivity index (χ4v) is 1.80. The van der Waals surface area contributed by atoms with Gasteiger partial charge in [0.15, 0.2) is 0 Å². The van der Waals surface area contributed by atoms with Crippen LogP contribution in [0.5, 0.6) is 0 Å². The number of anilines is 2. The van der Waals surface area contributed by atoms with Crippen LogP contribution in [0.4, 0.5) is 15.8 Å². The molecule has 0 aromatic heterocycles. The Morgan fingerprint density at radius 2 is 1.85 bits per heavy atom. The van der Waals surface area contributed by atoms with Crippen molar-refractivity contribution in [3.05, 3.63) is 59.4 Å². The summed E-state index contributed by atoms with van der Waals surface area (Å²) in [6.45, 7) is 4.02. The number of hydrogen-bond acceptors (Lipinski definition) is 2. The summed E-state index contributed by atoms with van der Waals surface area (Å²) in [6.07, 6.45) is 0. The second kappa shape index (κ2) is 6.19. The molecule has 0 bridgehead atoms. The Hall–Kier alpha value is -2.36. The van der Waals surface area contributed by atoms with E-state index in [1.54, 1.807) is 18.2 Å². The second-order valence-corrected chi connectivity index (χ2v) is 4.68. The van der Waals surface area contributed by atoms with Gasteiger partial charge in [0.2, 0.25) is 5.91 Å². The van der Waals surface area contributed by atoms with Gasteiger partial charge in [-0.05, 0) is 49.2 Å². The Balaban J connectivity index is 1.93.